The van der Waals surface area contributed by atoms with E-state index in [4.69, 9.17) is 5.73 Å². The molecule has 0 spiro atoms. The lowest BCUT2D eigenvalue weighted by atomic mass is 9.95. The zero-order valence-corrected chi connectivity index (χ0v) is 11.9. The molecule has 1 amide bonds. The van der Waals surface area contributed by atoms with Gasteiger partial charge in [-0.15, -0.1) is 0 Å². The lowest BCUT2D eigenvalue weighted by Crippen LogP contribution is -2.57. The average molecular weight is 253 g/mol. The SMILES string of the molecule is CC(C)NC(C)(CCN1CC2CCC1C2)C(N)=O. The summed E-state index contributed by atoms with van der Waals surface area (Å²) < 4.78 is 0. The molecule has 3 atom stereocenters. The molecular weight excluding hydrogens is 226 g/mol. The summed E-state index contributed by atoms with van der Waals surface area (Å²) in [6.07, 6.45) is 4.92. The third-order valence-electron chi connectivity index (χ3n) is 4.57. The number of hydrogen-bond acceptors (Lipinski definition) is 3. The number of piperidine rings is 1. The standard InChI is InChI=1S/C14H27N3O/c1-10(2)16-14(3,13(15)18)6-7-17-9-11-4-5-12(17)8-11/h10-12,16H,4-9H2,1-3H3,(H2,15,18). The monoisotopic (exact) mass is 253 g/mol. The van der Waals surface area contributed by atoms with Crippen molar-refractivity contribution in [2.24, 2.45) is 11.7 Å². The van der Waals surface area contributed by atoms with Crippen LogP contribution in [-0.4, -0.2) is 41.5 Å². The first-order valence-corrected chi connectivity index (χ1v) is 7.22. The molecule has 2 aliphatic rings. The van der Waals surface area contributed by atoms with Crippen LogP contribution >= 0.6 is 0 Å². The summed E-state index contributed by atoms with van der Waals surface area (Å²) in [6, 6.07) is 1.05. The molecule has 3 N–H and O–H groups in total. The summed E-state index contributed by atoms with van der Waals surface area (Å²) in [5.74, 6) is 0.674. The Morgan fingerprint density at radius 2 is 2.22 bits per heavy atom. The predicted octanol–water partition coefficient (Wildman–Crippen LogP) is 1.10. The molecule has 104 valence electrons. The molecule has 1 saturated heterocycles. The maximum atomic E-state index is 11.7. The molecule has 3 unspecified atom stereocenters. The van der Waals surface area contributed by atoms with Crippen molar-refractivity contribution in [2.45, 2.75) is 64.1 Å². The molecule has 2 fully saturated rings. The Kier molecular flexibility index (Phi) is 3.97. The number of primary amides is 1. The van der Waals surface area contributed by atoms with Gasteiger partial charge >= 0.3 is 0 Å². The van der Waals surface area contributed by atoms with Gasteiger partial charge in [0, 0.05) is 25.2 Å². The molecule has 1 aliphatic heterocycles. The Balaban J connectivity index is 1.88. The Labute approximate surface area is 110 Å². The maximum Gasteiger partial charge on any atom is 0.237 e. The van der Waals surface area contributed by atoms with Crippen molar-refractivity contribution in [1.82, 2.24) is 10.2 Å². The lowest BCUT2D eigenvalue weighted by molar-refractivity contribution is -0.124. The van der Waals surface area contributed by atoms with E-state index in [0.29, 0.717) is 0 Å². The number of carbonyl (C=O) groups excluding carboxylic acids is 1. The van der Waals surface area contributed by atoms with Gasteiger partial charge in [0.2, 0.25) is 5.91 Å². The van der Waals surface area contributed by atoms with Crippen molar-refractivity contribution < 1.29 is 4.79 Å². The summed E-state index contributed by atoms with van der Waals surface area (Å²) in [7, 11) is 0. The molecule has 4 nitrogen and oxygen atoms in total. The number of hydrogen-bond donors (Lipinski definition) is 2. The van der Waals surface area contributed by atoms with Crippen LogP contribution < -0.4 is 11.1 Å². The van der Waals surface area contributed by atoms with E-state index in [1.165, 1.54) is 25.8 Å². The largest absolute Gasteiger partial charge is 0.368 e. The van der Waals surface area contributed by atoms with Crippen LogP contribution in [0.5, 0.6) is 0 Å². The molecular formula is C14H27N3O. The second kappa shape index (κ2) is 5.17. The van der Waals surface area contributed by atoms with Gasteiger partial charge in [-0.05, 0) is 52.4 Å². The molecule has 2 bridgehead atoms. The minimum Gasteiger partial charge on any atom is -0.368 e. The summed E-state index contributed by atoms with van der Waals surface area (Å²) in [4.78, 5) is 14.2. The van der Waals surface area contributed by atoms with Crippen molar-refractivity contribution in [3.63, 3.8) is 0 Å². The van der Waals surface area contributed by atoms with Crippen LogP contribution in [0.2, 0.25) is 0 Å². The number of nitrogens with one attached hydrogen (secondary N) is 1. The summed E-state index contributed by atoms with van der Waals surface area (Å²) in [5.41, 5.74) is 4.99. The highest BCUT2D eigenvalue weighted by Crippen LogP contribution is 2.37. The molecule has 0 aromatic rings. The fourth-order valence-corrected chi connectivity index (χ4v) is 3.57. The van der Waals surface area contributed by atoms with Crippen LogP contribution in [0, 0.1) is 5.92 Å². The van der Waals surface area contributed by atoms with Crippen molar-refractivity contribution >= 4 is 5.91 Å². The number of rotatable bonds is 6. The van der Waals surface area contributed by atoms with Crippen LogP contribution in [0.1, 0.15) is 46.5 Å². The Hall–Kier alpha value is -0.610. The molecule has 0 aromatic carbocycles. The minimum absolute atomic E-state index is 0.236. The fourth-order valence-electron chi connectivity index (χ4n) is 3.57. The highest BCUT2D eigenvalue weighted by atomic mass is 16.1. The number of carbonyl (C=O) groups is 1. The van der Waals surface area contributed by atoms with Gasteiger partial charge in [0.25, 0.3) is 0 Å². The van der Waals surface area contributed by atoms with Gasteiger partial charge in [0.1, 0.15) is 0 Å². The van der Waals surface area contributed by atoms with E-state index in [1.807, 2.05) is 6.92 Å². The summed E-state index contributed by atoms with van der Waals surface area (Å²) in [5, 5.41) is 3.32. The van der Waals surface area contributed by atoms with Gasteiger partial charge in [-0.1, -0.05) is 0 Å². The number of fused-ring (bicyclic) bond motifs is 2. The summed E-state index contributed by atoms with van der Waals surface area (Å²) >= 11 is 0. The zero-order chi connectivity index (χ0) is 13.3. The average Bonchev–Trinajstić information content (AvgIpc) is 2.86. The van der Waals surface area contributed by atoms with Crippen molar-refractivity contribution in [2.75, 3.05) is 13.1 Å². The molecule has 1 saturated carbocycles. The molecule has 18 heavy (non-hydrogen) atoms. The van der Waals surface area contributed by atoms with E-state index in [-0.39, 0.29) is 11.9 Å². The second-order valence-electron chi connectivity index (χ2n) is 6.57. The molecule has 2 rings (SSSR count). The molecule has 0 radical (unpaired) electrons. The lowest BCUT2D eigenvalue weighted by Gasteiger charge is -2.34. The smallest absolute Gasteiger partial charge is 0.237 e. The van der Waals surface area contributed by atoms with Gasteiger partial charge in [0.05, 0.1) is 5.54 Å². The molecule has 1 heterocycles. The highest BCUT2D eigenvalue weighted by Gasteiger charge is 2.39. The van der Waals surface area contributed by atoms with E-state index in [2.05, 4.69) is 24.1 Å². The van der Waals surface area contributed by atoms with Gasteiger partial charge < -0.3 is 16.0 Å². The number of amides is 1. The first-order chi connectivity index (χ1) is 8.40. The third kappa shape index (κ3) is 2.86. The van der Waals surface area contributed by atoms with Crippen LogP contribution in [0.3, 0.4) is 0 Å². The van der Waals surface area contributed by atoms with Crippen LogP contribution in [0.25, 0.3) is 0 Å². The second-order valence-corrected chi connectivity index (χ2v) is 6.57. The zero-order valence-electron chi connectivity index (χ0n) is 11.9. The van der Waals surface area contributed by atoms with E-state index in [9.17, 15) is 4.79 Å². The minimum atomic E-state index is -0.573. The van der Waals surface area contributed by atoms with Crippen LogP contribution in [-0.2, 0) is 4.79 Å². The Morgan fingerprint density at radius 1 is 1.50 bits per heavy atom. The third-order valence-corrected chi connectivity index (χ3v) is 4.57. The van der Waals surface area contributed by atoms with Crippen molar-refractivity contribution in [3.05, 3.63) is 0 Å². The van der Waals surface area contributed by atoms with E-state index < -0.39 is 5.54 Å². The predicted molar refractivity (Wildman–Crippen MR) is 73.2 cm³/mol. The van der Waals surface area contributed by atoms with Gasteiger partial charge in [-0.2, -0.15) is 0 Å². The van der Waals surface area contributed by atoms with E-state index in [1.54, 1.807) is 0 Å². The van der Waals surface area contributed by atoms with E-state index in [0.717, 1.165) is 24.9 Å². The van der Waals surface area contributed by atoms with Crippen molar-refractivity contribution in [3.8, 4) is 0 Å². The fraction of sp³-hybridized carbons (Fsp3) is 0.929. The molecule has 0 aromatic heterocycles. The highest BCUT2D eigenvalue weighted by molar-refractivity contribution is 5.84. The quantitative estimate of drug-likeness (QED) is 0.745. The Bertz CT molecular complexity index is 318. The molecule has 4 heteroatoms. The van der Waals surface area contributed by atoms with Gasteiger partial charge in [0.15, 0.2) is 0 Å². The molecule has 1 aliphatic carbocycles. The number of nitrogens with zero attached hydrogens (tertiary/aromatic N) is 1. The number of likely N-dealkylation sites (tertiary alicyclic amines) is 1. The topological polar surface area (TPSA) is 58.4 Å². The van der Waals surface area contributed by atoms with Gasteiger partial charge in [-0.3, -0.25) is 4.79 Å². The summed E-state index contributed by atoms with van der Waals surface area (Å²) in [6.45, 7) is 8.25. The first-order valence-electron chi connectivity index (χ1n) is 7.22. The normalized spacial score (nSPS) is 30.9. The van der Waals surface area contributed by atoms with E-state index >= 15 is 0 Å². The van der Waals surface area contributed by atoms with Crippen molar-refractivity contribution in [1.29, 1.82) is 0 Å². The maximum absolute atomic E-state index is 11.7. The van der Waals surface area contributed by atoms with Gasteiger partial charge in [-0.25, -0.2) is 0 Å². The van der Waals surface area contributed by atoms with Crippen LogP contribution in [0.4, 0.5) is 0 Å². The first kappa shape index (κ1) is 13.8. The van der Waals surface area contributed by atoms with Crippen LogP contribution in [0.15, 0.2) is 0 Å². The number of nitrogens with two attached hydrogens (primary N) is 1. The Morgan fingerprint density at radius 3 is 2.67 bits per heavy atom.